The van der Waals surface area contributed by atoms with Crippen molar-refractivity contribution >= 4 is 5.91 Å². The Morgan fingerprint density at radius 1 is 1.16 bits per heavy atom. The predicted molar refractivity (Wildman–Crippen MR) is 104 cm³/mol. The van der Waals surface area contributed by atoms with Crippen LogP contribution in [0.15, 0.2) is 18.2 Å². The summed E-state index contributed by atoms with van der Waals surface area (Å²) < 4.78 is 0. The molecule has 2 rings (SSSR count). The number of likely N-dealkylation sites (N-methyl/N-ethyl adjacent to an activating group) is 1. The number of nitrogens with zero attached hydrogens (tertiary/aromatic N) is 1. The third-order valence-corrected chi connectivity index (χ3v) is 6.01. The maximum atomic E-state index is 12.8. The van der Waals surface area contributed by atoms with Gasteiger partial charge in [0, 0.05) is 7.05 Å². The van der Waals surface area contributed by atoms with E-state index in [1.807, 2.05) is 0 Å². The van der Waals surface area contributed by atoms with Crippen LogP contribution < -0.4 is 0 Å². The minimum atomic E-state index is -0.129. The molecule has 25 heavy (non-hydrogen) atoms. The normalized spacial score (nSPS) is 19.2. The third-order valence-electron chi connectivity index (χ3n) is 6.01. The average Bonchev–Trinajstić information content (AvgIpc) is 2.58. The molecule has 3 heteroatoms. The van der Waals surface area contributed by atoms with E-state index < -0.39 is 0 Å². The first-order valence-electron chi connectivity index (χ1n) is 9.60. The Bertz CT molecular complexity index is 618. The molecule has 0 spiro atoms. The molecule has 0 aliphatic heterocycles. The maximum Gasteiger partial charge on any atom is 0.253 e. The van der Waals surface area contributed by atoms with E-state index in [1.165, 1.54) is 29.0 Å². The number of carbonyl (C=O) groups excluding carboxylic acids is 1. The number of amides is 1. The first-order chi connectivity index (χ1) is 11.6. The van der Waals surface area contributed by atoms with Gasteiger partial charge in [-0.05, 0) is 46.8 Å². The van der Waals surface area contributed by atoms with Gasteiger partial charge in [0.25, 0.3) is 5.91 Å². The zero-order valence-corrected chi connectivity index (χ0v) is 17.1. The number of unbranched alkanes of at least 4 members (excludes halogenated alkanes) is 1. The molecule has 1 atom stereocenters. The molecular weight excluding hydrogens is 310 g/mol. The summed E-state index contributed by atoms with van der Waals surface area (Å²) >= 11 is 0. The molecule has 0 fully saturated rings. The van der Waals surface area contributed by atoms with Crippen molar-refractivity contribution in [3.8, 4) is 0 Å². The van der Waals surface area contributed by atoms with Gasteiger partial charge in [0.1, 0.15) is 0 Å². The van der Waals surface area contributed by atoms with Crippen molar-refractivity contribution in [1.82, 2.24) is 5.06 Å². The summed E-state index contributed by atoms with van der Waals surface area (Å²) in [4.78, 5) is 18.0. The molecule has 1 aliphatic rings. The summed E-state index contributed by atoms with van der Waals surface area (Å²) in [5.41, 5.74) is 4.35. The van der Waals surface area contributed by atoms with Gasteiger partial charge >= 0.3 is 0 Å². The minimum Gasteiger partial charge on any atom is -0.275 e. The highest BCUT2D eigenvalue weighted by molar-refractivity contribution is 5.82. The van der Waals surface area contributed by atoms with E-state index in [0.29, 0.717) is 0 Å². The standard InChI is InChI=1S/C22H35NO2/c1-8-9-10-17(20(24)23(6)25-7)16-11-12-18-19(15-16)22(4,5)14-13-21(18,2)3/h11-12,15,17H,8-10,13-14H2,1-7H3. The molecule has 3 nitrogen and oxygen atoms in total. The van der Waals surface area contributed by atoms with Gasteiger partial charge in [0.05, 0.1) is 13.0 Å². The summed E-state index contributed by atoms with van der Waals surface area (Å²) in [6.07, 6.45) is 5.38. The molecule has 0 N–H and O–H groups in total. The summed E-state index contributed by atoms with van der Waals surface area (Å²) in [6.45, 7) is 11.5. The van der Waals surface area contributed by atoms with Gasteiger partial charge in [-0.3, -0.25) is 9.63 Å². The van der Waals surface area contributed by atoms with Crippen molar-refractivity contribution in [2.45, 2.75) is 83.5 Å². The van der Waals surface area contributed by atoms with Crippen LogP contribution in [0, 0.1) is 0 Å². The molecule has 0 saturated heterocycles. The van der Waals surface area contributed by atoms with Crippen LogP contribution in [0.5, 0.6) is 0 Å². The summed E-state index contributed by atoms with van der Waals surface area (Å²) in [7, 11) is 3.25. The van der Waals surface area contributed by atoms with Gasteiger partial charge in [-0.25, -0.2) is 5.06 Å². The van der Waals surface area contributed by atoms with Crippen LogP contribution in [0.1, 0.15) is 89.3 Å². The Hall–Kier alpha value is -1.35. The molecule has 0 bridgehead atoms. The molecular formula is C22H35NO2. The molecule has 1 unspecified atom stereocenters. The summed E-state index contributed by atoms with van der Waals surface area (Å²) in [6, 6.07) is 6.74. The molecule has 1 aromatic carbocycles. The second kappa shape index (κ2) is 7.49. The van der Waals surface area contributed by atoms with Crippen molar-refractivity contribution in [2.75, 3.05) is 14.2 Å². The van der Waals surface area contributed by atoms with Crippen molar-refractivity contribution in [3.05, 3.63) is 34.9 Å². The second-order valence-electron chi connectivity index (χ2n) is 8.79. The lowest BCUT2D eigenvalue weighted by molar-refractivity contribution is -0.170. The molecule has 140 valence electrons. The molecule has 0 radical (unpaired) electrons. The third kappa shape index (κ3) is 4.08. The Morgan fingerprint density at radius 3 is 2.32 bits per heavy atom. The van der Waals surface area contributed by atoms with Gasteiger partial charge in [0.15, 0.2) is 0 Å². The fourth-order valence-electron chi connectivity index (χ4n) is 3.97. The number of hydrogen-bond acceptors (Lipinski definition) is 2. The fraction of sp³-hybridized carbons (Fsp3) is 0.682. The van der Waals surface area contributed by atoms with Crippen molar-refractivity contribution in [2.24, 2.45) is 0 Å². The monoisotopic (exact) mass is 345 g/mol. The van der Waals surface area contributed by atoms with Crippen LogP contribution in [0.3, 0.4) is 0 Å². The number of hydrogen-bond donors (Lipinski definition) is 0. The zero-order chi connectivity index (χ0) is 18.8. The number of rotatable bonds is 6. The van der Waals surface area contributed by atoms with E-state index in [-0.39, 0.29) is 22.7 Å². The first kappa shape index (κ1) is 20.0. The first-order valence-corrected chi connectivity index (χ1v) is 9.60. The van der Waals surface area contributed by atoms with Crippen molar-refractivity contribution in [1.29, 1.82) is 0 Å². The van der Waals surface area contributed by atoms with Gasteiger partial charge in [-0.15, -0.1) is 0 Å². The van der Waals surface area contributed by atoms with E-state index in [2.05, 4.69) is 52.8 Å². The van der Waals surface area contributed by atoms with Crippen LogP contribution in [-0.2, 0) is 20.5 Å². The number of fused-ring (bicyclic) bond motifs is 1. The van der Waals surface area contributed by atoms with Gasteiger partial charge in [0.2, 0.25) is 0 Å². The Morgan fingerprint density at radius 2 is 1.76 bits per heavy atom. The van der Waals surface area contributed by atoms with E-state index in [0.717, 1.165) is 24.8 Å². The molecule has 0 aromatic heterocycles. The zero-order valence-electron chi connectivity index (χ0n) is 17.1. The van der Waals surface area contributed by atoms with Crippen LogP contribution >= 0.6 is 0 Å². The maximum absolute atomic E-state index is 12.8. The highest BCUT2D eigenvalue weighted by Crippen LogP contribution is 2.46. The molecule has 0 saturated carbocycles. The van der Waals surface area contributed by atoms with E-state index in [9.17, 15) is 4.79 Å². The smallest absolute Gasteiger partial charge is 0.253 e. The van der Waals surface area contributed by atoms with Gasteiger partial charge in [-0.2, -0.15) is 0 Å². The van der Waals surface area contributed by atoms with Gasteiger partial charge < -0.3 is 0 Å². The topological polar surface area (TPSA) is 29.5 Å². The number of carbonyl (C=O) groups is 1. The Labute approximate surface area is 153 Å². The quantitative estimate of drug-likeness (QED) is 0.652. The van der Waals surface area contributed by atoms with E-state index in [4.69, 9.17) is 4.84 Å². The Balaban J connectivity index is 2.47. The molecule has 1 amide bonds. The van der Waals surface area contributed by atoms with Crippen molar-refractivity contribution in [3.63, 3.8) is 0 Å². The number of benzene rings is 1. The lowest BCUT2D eigenvalue weighted by Gasteiger charge is -2.42. The lowest BCUT2D eigenvalue weighted by Crippen LogP contribution is -2.35. The summed E-state index contributed by atoms with van der Waals surface area (Å²) in [5, 5.41) is 1.37. The lowest BCUT2D eigenvalue weighted by atomic mass is 9.62. The van der Waals surface area contributed by atoms with Crippen LogP contribution in [0.4, 0.5) is 0 Å². The van der Waals surface area contributed by atoms with Crippen LogP contribution in [0.25, 0.3) is 0 Å². The molecule has 1 aromatic rings. The van der Waals surface area contributed by atoms with Crippen LogP contribution in [-0.4, -0.2) is 25.1 Å². The Kier molecular flexibility index (Phi) is 5.98. The van der Waals surface area contributed by atoms with Crippen LogP contribution in [0.2, 0.25) is 0 Å². The number of hydroxylamine groups is 2. The highest BCUT2D eigenvalue weighted by Gasteiger charge is 2.37. The van der Waals surface area contributed by atoms with E-state index >= 15 is 0 Å². The average molecular weight is 346 g/mol. The predicted octanol–water partition coefficient (Wildman–Crippen LogP) is 5.33. The largest absolute Gasteiger partial charge is 0.275 e. The SMILES string of the molecule is CCCCC(C(=O)N(C)OC)c1ccc2c(c1)C(C)(C)CCC2(C)C. The highest BCUT2D eigenvalue weighted by atomic mass is 16.7. The molecule has 1 aliphatic carbocycles. The van der Waals surface area contributed by atoms with E-state index in [1.54, 1.807) is 14.2 Å². The van der Waals surface area contributed by atoms with Crippen molar-refractivity contribution < 1.29 is 9.63 Å². The molecule has 0 heterocycles. The van der Waals surface area contributed by atoms with Gasteiger partial charge in [-0.1, -0.05) is 65.7 Å². The second-order valence-corrected chi connectivity index (χ2v) is 8.79. The fourth-order valence-corrected chi connectivity index (χ4v) is 3.97. The minimum absolute atomic E-state index is 0.0452. The summed E-state index contributed by atoms with van der Waals surface area (Å²) in [5.74, 6) is -0.0835.